The van der Waals surface area contributed by atoms with Crippen molar-refractivity contribution in [3.8, 4) is 0 Å². The molecule has 2 nitrogen and oxygen atoms in total. The molecule has 1 N–H and O–H groups in total. The van der Waals surface area contributed by atoms with Crippen LogP contribution in [0.2, 0.25) is 0 Å². The highest BCUT2D eigenvalue weighted by Gasteiger charge is 2.12. The van der Waals surface area contributed by atoms with E-state index in [0.717, 1.165) is 18.6 Å². The van der Waals surface area contributed by atoms with Gasteiger partial charge in [0.1, 0.15) is 5.76 Å². The molecule has 0 saturated carbocycles. The van der Waals surface area contributed by atoms with E-state index in [4.69, 9.17) is 4.42 Å². The molecule has 1 unspecified atom stereocenters. The van der Waals surface area contributed by atoms with Gasteiger partial charge in [-0.25, -0.2) is 0 Å². The summed E-state index contributed by atoms with van der Waals surface area (Å²) in [4.78, 5) is 0. The van der Waals surface area contributed by atoms with E-state index in [9.17, 15) is 0 Å². The lowest BCUT2D eigenvalue weighted by Gasteiger charge is -2.12. The molecule has 1 aromatic rings. The maximum absolute atomic E-state index is 5.36. The summed E-state index contributed by atoms with van der Waals surface area (Å²) in [7, 11) is 1.99. The van der Waals surface area contributed by atoms with Gasteiger partial charge in [-0.3, -0.25) is 0 Å². The summed E-state index contributed by atoms with van der Waals surface area (Å²) in [6, 6.07) is 2.50. The molecule has 0 aliphatic carbocycles. The Labute approximate surface area is 74.0 Å². The molecule has 12 heavy (non-hydrogen) atoms. The van der Waals surface area contributed by atoms with Crippen LogP contribution in [-0.4, -0.2) is 7.05 Å². The fraction of sp³-hybridized carbons (Fsp3) is 0.600. The number of nitrogens with one attached hydrogen (secondary N) is 1. The van der Waals surface area contributed by atoms with Crippen molar-refractivity contribution in [1.82, 2.24) is 5.32 Å². The van der Waals surface area contributed by atoms with Gasteiger partial charge in [-0.1, -0.05) is 13.8 Å². The van der Waals surface area contributed by atoms with E-state index >= 15 is 0 Å². The van der Waals surface area contributed by atoms with Crippen LogP contribution in [0, 0.1) is 0 Å². The second-order valence-corrected chi connectivity index (χ2v) is 2.90. The molecule has 0 spiro atoms. The van der Waals surface area contributed by atoms with E-state index < -0.39 is 0 Å². The first kappa shape index (κ1) is 9.33. The Kier molecular flexibility index (Phi) is 3.35. The number of aryl methyl sites for hydroxylation is 1. The largest absolute Gasteiger partial charge is 0.469 e. The molecule has 1 heterocycles. The van der Waals surface area contributed by atoms with E-state index in [1.807, 2.05) is 7.05 Å². The van der Waals surface area contributed by atoms with Gasteiger partial charge in [-0.15, -0.1) is 0 Å². The molecule has 0 aliphatic heterocycles. The molecule has 1 atom stereocenters. The van der Waals surface area contributed by atoms with Gasteiger partial charge < -0.3 is 9.73 Å². The summed E-state index contributed by atoms with van der Waals surface area (Å²) in [6.45, 7) is 4.29. The van der Waals surface area contributed by atoms with Crippen LogP contribution in [0.5, 0.6) is 0 Å². The summed E-state index contributed by atoms with van der Waals surface area (Å²) in [6.07, 6.45) is 3.84. The minimum absolute atomic E-state index is 0.443. The van der Waals surface area contributed by atoms with Crippen molar-refractivity contribution < 1.29 is 4.42 Å². The molecular formula is C10H17NO. The average molecular weight is 167 g/mol. The maximum atomic E-state index is 5.36. The molecule has 0 bridgehead atoms. The van der Waals surface area contributed by atoms with Gasteiger partial charge in [0.05, 0.1) is 6.26 Å². The Morgan fingerprint density at radius 2 is 2.25 bits per heavy atom. The molecule has 1 aromatic heterocycles. The highest BCUT2D eigenvalue weighted by Crippen LogP contribution is 2.21. The number of hydrogen-bond donors (Lipinski definition) is 1. The van der Waals surface area contributed by atoms with Crippen LogP contribution in [0.1, 0.15) is 37.6 Å². The molecule has 2 heteroatoms. The predicted molar refractivity (Wildman–Crippen MR) is 50.2 cm³/mol. The summed E-state index contributed by atoms with van der Waals surface area (Å²) in [5.74, 6) is 1.11. The van der Waals surface area contributed by atoms with Crippen molar-refractivity contribution in [3.05, 3.63) is 23.7 Å². The molecule has 0 aliphatic rings. The summed E-state index contributed by atoms with van der Waals surface area (Å²) >= 11 is 0. The molecule has 1 rings (SSSR count). The van der Waals surface area contributed by atoms with Gasteiger partial charge in [0.2, 0.25) is 0 Å². The smallest absolute Gasteiger partial charge is 0.108 e. The first-order chi connectivity index (χ1) is 5.83. The van der Waals surface area contributed by atoms with Crippen molar-refractivity contribution in [1.29, 1.82) is 0 Å². The zero-order chi connectivity index (χ0) is 8.97. The second kappa shape index (κ2) is 4.31. The van der Waals surface area contributed by atoms with Crippen LogP contribution >= 0.6 is 0 Å². The van der Waals surface area contributed by atoms with Gasteiger partial charge in [0.15, 0.2) is 0 Å². The standard InChI is InChI=1S/C10H17NO/c1-4-9(11-3)8-6-7-12-10(8)5-2/h6-7,9,11H,4-5H2,1-3H3. The van der Waals surface area contributed by atoms with Crippen molar-refractivity contribution in [2.24, 2.45) is 0 Å². The van der Waals surface area contributed by atoms with E-state index in [1.165, 1.54) is 5.56 Å². The molecule has 0 aromatic carbocycles. The van der Waals surface area contributed by atoms with Crippen LogP contribution in [0.25, 0.3) is 0 Å². The van der Waals surface area contributed by atoms with Crippen LogP contribution in [0.4, 0.5) is 0 Å². The number of rotatable bonds is 4. The lowest BCUT2D eigenvalue weighted by Crippen LogP contribution is -2.15. The number of furan rings is 1. The van der Waals surface area contributed by atoms with Gasteiger partial charge in [0, 0.05) is 18.0 Å². The van der Waals surface area contributed by atoms with Crippen LogP contribution in [0.3, 0.4) is 0 Å². The van der Waals surface area contributed by atoms with Crippen LogP contribution in [0.15, 0.2) is 16.7 Å². The van der Waals surface area contributed by atoms with Crippen LogP contribution in [-0.2, 0) is 6.42 Å². The first-order valence-corrected chi connectivity index (χ1v) is 4.57. The van der Waals surface area contributed by atoms with E-state index in [1.54, 1.807) is 6.26 Å². The first-order valence-electron chi connectivity index (χ1n) is 4.57. The topological polar surface area (TPSA) is 25.2 Å². The average Bonchev–Trinajstić information content (AvgIpc) is 2.55. The maximum Gasteiger partial charge on any atom is 0.108 e. The van der Waals surface area contributed by atoms with E-state index in [0.29, 0.717) is 6.04 Å². The van der Waals surface area contributed by atoms with Gasteiger partial charge in [-0.05, 0) is 19.5 Å². The van der Waals surface area contributed by atoms with Crippen LogP contribution < -0.4 is 5.32 Å². The quantitative estimate of drug-likeness (QED) is 0.745. The Hall–Kier alpha value is -0.760. The zero-order valence-corrected chi connectivity index (χ0v) is 8.05. The van der Waals surface area contributed by atoms with E-state index in [-0.39, 0.29) is 0 Å². The Balaban J connectivity index is 2.83. The fourth-order valence-electron chi connectivity index (χ4n) is 1.53. The van der Waals surface area contributed by atoms with Crippen molar-refractivity contribution in [2.45, 2.75) is 32.7 Å². The minimum Gasteiger partial charge on any atom is -0.469 e. The molecule has 0 saturated heterocycles. The molecule has 0 fully saturated rings. The highest BCUT2D eigenvalue weighted by molar-refractivity contribution is 5.21. The summed E-state index contributed by atoms with van der Waals surface area (Å²) < 4.78 is 5.36. The van der Waals surface area contributed by atoms with E-state index in [2.05, 4.69) is 25.2 Å². The zero-order valence-electron chi connectivity index (χ0n) is 8.05. The summed E-state index contributed by atoms with van der Waals surface area (Å²) in [5.41, 5.74) is 1.31. The Morgan fingerprint density at radius 1 is 1.50 bits per heavy atom. The Bertz CT molecular complexity index is 225. The highest BCUT2D eigenvalue weighted by atomic mass is 16.3. The third-order valence-corrected chi connectivity index (χ3v) is 2.23. The molecule has 0 amide bonds. The summed E-state index contributed by atoms with van der Waals surface area (Å²) in [5, 5.41) is 3.27. The van der Waals surface area contributed by atoms with Crippen molar-refractivity contribution >= 4 is 0 Å². The normalized spacial score (nSPS) is 13.2. The SMILES string of the molecule is CCc1occc1C(CC)NC. The Morgan fingerprint density at radius 3 is 2.75 bits per heavy atom. The molecular weight excluding hydrogens is 150 g/mol. The monoisotopic (exact) mass is 167 g/mol. The third-order valence-electron chi connectivity index (χ3n) is 2.23. The minimum atomic E-state index is 0.443. The van der Waals surface area contributed by atoms with Crippen molar-refractivity contribution in [3.63, 3.8) is 0 Å². The predicted octanol–water partition coefficient (Wildman–Crippen LogP) is 2.51. The molecule has 68 valence electrons. The van der Waals surface area contributed by atoms with Gasteiger partial charge in [-0.2, -0.15) is 0 Å². The third kappa shape index (κ3) is 1.69. The van der Waals surface area contributed by atoms with Gasteiger partial charge >= 0.3 is 0 Å². The number of hydrogen-bond acceptors (Lipinski definition) is 2. The fourth-order valence-corrected chi connectivity index (χ4v) is 1.53. The lowest BCUT2D eigenvalue weighted by molar-refractivity contribution is 0.492. The molecule has 0 radical (unpaired) electrons. The second-order valence-electron chi connectivity index (χ2n) is 2.90. The van der Waals surface area contributed by atoms with Gasteiger partial charge in [0.25, 0.3) is 0 Å². The lowest BCUT2D eigenvalue weighted by atomic mass is 10.0. The van der Waals surface area contributed by atoms with Crippen molar-refractivity contribution in [2.75, 3.05) is 7.05 Å².